The molecule has 0 aliphatic heterocycles. The number of benzene rings is 1. The van der Waals surface area contributed by atoms with E-state index in [1.807, 2.05) is 6.07 Å². The Hall–Kier alpha value is -1.28. The lowest BCUT2D eigenvalue weighted by atomic mass is 9.85. The van der Waals surface area contributed by atoms with Gasteiger partial charge < -0.3 is 10.5 Å². The summed E-state index contributed by atoms with van der Waals surface area (Å²) in [7, 11) is 1.72. The second-order valence-corrected chi connectivity index (χ2v) is 5.54. The highest BCUT2D eigenvalue weighted by molar-refractivity contribution is 5.54. The minimum absolute atomic E-state index is 0.0897. The fourth-order valence-corrected chi connectivity index (χ4v) is 1.87. The summed E-state index contributed by atoms with van der Waals surface area (Å²) < 4.78 is 5.43. The standard InChI is InChI=1S/C16H25NO/c1-16(2,3)14-12-13(8-6-5-7-11-17)9-10-15(14)18-4/h6,8-10,12H,5,7,11,17H2,1-4H3/b8-6+. The highest BCUT2D eigenvalue weighted by Crippen LogP contribution is 2.32. The normalized spacial score (nSPS) is 12.1. The first-order chi connectivity index (χ1) is 8.49. The van der Waals surface area contributed by atoms with E-state index in [0.29, 0.717) is 0 Å². The second kappa shape index (κ2) is 6.60. The van der Waals surface area contributed by atoms with Crippen molar-refractivity contribution in [2.24, 2.45) is 5.73 Å². The summed E-state index contributed by atoms with van der Waals surface area (Å²) in [5.41, 5.74) is 8.03. The van der Waals surface area contributed by atoms with Crippen LogP contribution < -0.4 is 10.5 Å². The van der Waals surface area contributed by atoms with Crippen LogP contribution in [0.3, 0.4) is 0 Å². The predicted octanol–water partition coefficient (Wildman–Crippen LogP) is 3.74. The van der Waals surface area contributed by atoms with Crippen molar-refractivity contribution in [3.8, 4) is 5.75 Å². The third-order valence-corrected chi connectivity index (χ3v) is 2.92. The summed E-state index contributed by atoms with van der Waals surface area (Å²) in [5.74, 6) is 0.960. The van der Waals surface area contributed by atoms with Gasteiger partial charge >= 0.3 is 0 Å². The maximum Gasteiger partial charge on any atom is 0.122 e. The summed E-state index contributed by atoms with van der Waals surface area (Å²) in [6.45, 7) is 7.35. The molecule has 18 heavy (non-hydrogen) atoms. The van der Waals surface area contributed by atoms with Crippen molar-refractivity contribution in [3.63, 3.8) is 0 Å². The highest BCUT2D eigenvalue weighted by atomic mass is 16.5. The first-order valence-corrected chi connectivity index (χ1v) is 6.54. The van der Waals surface area contributed by atoms with Crippen LogP contribution >= 0.6 is 0 Å². The third-order valence-electron chi connectivity index (χ3n) is 2.92. The monoisotopic (exact) mass is 247 g/mol. The zero-order valence-electron chi connectivity index (χ0n) is 12.0. The van der Waals surface area contributed by atoms with Gasteiger partial charge in [0.15, 0.2) is 0 Å². The molecule has 2 N–H and O–H groups in total. The number of ether oxygens (including phenoxy) is 1. The molecule has 0 saturated heterocycles. The van der Waals surface area contributed by atoms with Crippen molar-refractivity contribution >= 4 is 6.08 Å². The Morgan fingerprint density at radius 2 is 2.00 bits per heavy atom. The molecule has 0 aliphatic carbocycles. The molecule has 2 nitrogen and oxygen atoms in total. The molecule has 2 heteroatoms. The zero-order chi connectivity index (χ0) is 13.6. The number of hydrogen-bond acceptors (Lipinski definition) is 2. The third kappa shape index (κ3) is 4.19. The molecule has 0 fully saturated rings. The minimum Gasteiger partial charge on any atom is -0.496 e. The lowest BCUT2D eigenvalue weighted by molar-refractivity contribution is 0.397. The molecule has 0 amide bonds. The Morgan fingerprint density at radius 3 is 2.56 bits per heavy atom. The Kier molecular flexibility index (Phi) is 5.42. The van der Waals surface area contributed by atoms with E-state index in [1.54, 1.807) is 7.11 Å². The van der Waals surface area contributed by atoms with Gasteiger partial charge in [-0.05, 0) is 42.5 Å². The molecule has 0 atom stereocenters. The van der Waals surface area contributed by atoms with Crippen molar-refractivity contribution in [2.75, 3.05) is 13.7 Å². The van der Waals surface area contributed by atoms with E-state index in [9.17, 15) is 0 Å². The SMILES string of the molecule is COc1ccc(/C=C/CCCN)cc1C(C)(C)C. The first kappa shape index (κ1) is 14.8. The van der Waals surface area contributed by atoms with Gasteiger partial charge in [0, 0.05) is 5.56 Å². The fraction of sp³-hybridized carbons (Fsp3) is 0.500. The lowest BCUT2D eigenvalue weighted by Gasteiger charge is -2.22. The number of nitrogens with two attached hydrogens (primary N) is 1. The molecule has 0 unspecified atom stereocenters. The Balaban J connectivity index is 2.93. The molecule has 1 aromatic carbocycles. The zero-order valence-corrected chi connectivity index (χ0v) is 12.0. The molecule has 1 aromatic rings. The number of allylic oxidation sites excluding steroid dienone is 1. The Labute approximate surface area is 111 Å². The average Bonchev–Trinajstić information content (AvgIpc) is 2.33. The number of rotatable bonds is 5. The van der Waals surface area contributed by atoms with Gasteiger partial charge in [0.2, 0.25) is 0 Å². The largest absolute Gasteiger partial charge is 0.496 e. The molecule has 100 valence electrons. The molecule has 0 heterocycles. The van der Waals surface area contributed by atoms with Crippen molar-refractivity contribution in [1.82, 2.24) is 0 Å². The van der Waals surface area contributed by atoms with Gasteiger partial charge in [-0.15, -0.1) is 0 Å². The summed E-state index contributed by atoms with van der Waals surface area (Å²) in [5, 5.41) is 0. The van der Waals surface area contributed by atoms with Crippen molar-refractivity contribution in [1.29, 1.82) is 0 Å². The van der Waals surface area contributed by atoms with Crippen LogP contribution in [0.25, 0.3) is 6.08 Å². The maximum absolute atomic E-state index is 5.48. The van der Waals surface area contributed by atoms with Crippen LogP contribution in [0, 0.1) is 0 Å². The molecular formula is C16H25NO. The van der Waals surface area contributed by atoms with Gasteiger partial charge in [-0.1, -0.05) is 39.0 Å². The first-order valence-electron chi connectivity index (χ1n) is 6.54. The molecule has 0 bridgehead atoms. The second-order valence-electron chi connectivity index (χ2n) is 5.54. The van der Waals surface area contributed by atoms with E-state index >= 15 is 0 Å². The van der Waals surface area contributed by atoms with Gasteiger partial charge in [-0.3, -0.25) is 0 Å². The summed E-state index contributed by atoms with van der Waals surface area (Å²) in [6.07, 6.45) is 6.41. The van der Waals surface area contributed by atoms with E-state index < -0.39 is 0 Å². The van der Waals surface area contributed by atoms with Crippen molar-refractivity contribution in [2.45, 2.75) is 39.0 Å². The van der Waals surface area contributed by atoms with Crippen LogP contribution in [-0.2, 0) is 5.41 Å². The van der Waals surface area contributed by atoms with E-state index in [-0.39, 0.29) is 5.41 Å². The van der Waals surface area contributed by atoms with Crippen LogP contribution in [0.15, 0.2) is 24.3 Å². The van der Waals surface area contributed by atoms with E-state index in [4.69, 9.17) is 10.5 Å². The van der Waals surface area contributed by atoms with E-state index in [1.165, 1.54) is 11.1 Å². The van der Waals surface area contributed by atoms with Crippen LogP contribution in [-0.4, -0.2) is 13.7 Å². The van der Waals surface area contributed by atoms with Gasteiger partial charge in [0.05, 0.1) is 7.11 Å². The number of hydrogen-bond donors (Lipinski definition) is 1. The summed E-state index contributed by atoms with van der Waals surface area (Å²) in [6, 6.07) is 6.34. The van der Waals surface area contributed by atoms with Crippen LogP contribution in [0.4, 0.5) is 0 Å². The minimum atomic E-state index is 0.0897. The van der Waals surface area contributed by atoms with E-state index in [0.717, 1.165) is 25.1 Å². The van der Waals surface area contributed by atoms with Gasteiger partial charge in [0.1, 0.15) is 5.75 Å². The fourth-order valence-electron chi connectivity index (χ4n) is 1.87. The molecular weight excluding hydrogens is 222 g/mol. The topological polar surface area (TPSA) is 35.2 Å². The molecule has 0 saturated carbocycles. The van der Waals surface area contributed by atoms with Crippen molar-refractivity contribution in [3.05, 3.63) is 35.4 Å². The lowest BCUT2D eigenvalue weighted by Crippen LogP contribution is -2.12. The van der Waals surface area contributed by atoms with Gasteiger partial charge in [-0.25, -0.2) is 0 Å². The molecule has 0 radical (unpaired) electrons. The maximum atomic E-state index is 5.48. The average molecular weight is 247 g/mol. The molecule has 0 aliphatic rings. The highest BCUT2D eigenvalue weighted by Gasteiger charge is 2.18. The van der Waals surface area contributed by atoms with Crippen LogP contribution in [0.5, 0.6) is 5.75 Å². The quantitative estimate of drug-likeness (QED) is 0.804. The predicted molar refractivity (Wildman–Crippen MR) is 79.0 cm³/mol. The van der Waals surface area contributed by atoms with Crippen molar-refractivity contribution < 1.29 is 4.74 Å². The van der Waals surface area contributed by atoms with Crippen LogP contribution in [0.1, 0.15) is 44.7 Å². The van der Waals surface area contributed by atoms with Gasteiger partial charge in [0.25, 0.3) is 0 Å². The Morgan fingerprint density at radius 1 is 1.28 bits per heavy atom. The Bertz CT molecular complexity index is 402. The molecule has 1 rings (SSSR count). The smallest absolute Gasteiger partial charge is 0.122 e. The van der Waals surface area contributed by atoms with Gasteiger partial charge in [-0.2, -0.15) is 0 Å². The summed E-state index contributed by atoms with van der Waals surface area (Å²) >= 11 is 0. The summed E-state index contributed by atoms with van der Waals surface area (Å²) in [4.78, 5) is 0. The molecule has 0 aromatic heterocycles. The van der Waals surface area contributed by atoms with Crippen LogP contribution in [0.2, 0.25) is 0 Å². The molecule has 0 spiro atoms. The van der Waals surface area contributed by atoms with E-state index in [2.05, 4.69) is 45.1 Å². The number of methoxy groups -OCH3 is 1. The number of unbranched alkanes of at least 4 members (excludes halogenated alkanes) is 1.